The van der Waals surface area contributed by atoms with E-state index >= 15 is 0 Å². The van der Waals surface area contributed by atoms with E-state index in [1.54, 1.807) is 22.6 Å². The van der Waals surface area contributed by atoms with Crippen molar-refractivity contribution >= 4 is 55.4 Å². The van der Waals surface area contributed by atoms with Gasteiger partial charge in [0.2, 0.25) is 0 Å². The van der Waals surface area contributed by atoms with Gasteiger partial charge in [-0.2, -0.15) is 0 Å². The van der Waals surface area contributed by atoms with Crippen molar-refractivity contribution in [2.75, 3.05) is 0 Å². The van der Waals surface area contributed by atoms with Crippen LogP contribution in [-0.4, -0.2) is 5.24 Å². The molecule has 12 heavy (non-hydrogen) atoms. The van der Waals surface area contributed by atoms with Gasteiger partial charge in [-0.25, -0.2) is 4.39 Å². The van der Waals surface area contributed by atoms with Gasteiger partial charge in [0, 0.05) is 4.47 Å². The molecule has 0 spiro atoms. The van der Waals surface area contributed by atoms with E-state index in [9.17, 15) is 9.18 Å². The highest BCUT2D eigenvalue weighted by atomic mass is 127. The molecule has 0 aliphatic carbocycles. The SMILES string of the molecule is O=C(Cl)c1cc(Br)cc(F)c1I. The van der Waals surface area contributed by atoms with Crippen molar-refractivity contribution < 1.29 is 9.18 Å². The maximum atomic E-state index is 13.0. The van der Waals surface area contributed by atoms with E-state index in [-0.39, 0.29) is 9.13 Å². The molecule has 0 aliphatic rings. The summed E-state index contributed by atoms with van der Waals surface area (Å²) in [5.41, 5.74) is 0.184. The summed E-state index contributed by atoms with van der Waals surface area (Å²) < 4.78 is 13.7. The van der Waals surface area contributed by atoms with Crippen LogP contribution >= 0.6 is 50.1 Å². The number of benzene rings is 1. The molecule has 1 rings (SSSR count). The lowest BCUT2D eigenvalue weighted by molar-refractivity contribution is 0.108. The quantitative estimate of drug-likeness (QED) is 0.424. The molecule has 0 fully saturated rings. The molecule has 5 heteroatoms. The molecule has 0 aromatic heterocycles. The molecule has 1 nitrogen and oxygen atoms in total. The minimum Gasteiger partial charge on any atom is -0.276 e. The highest BCUT2D eigenvalue weighted by molar-refractivity contribution is 14.1. The second kappa shape index (κ2) is 4.02. The Bertz CT molecular complexity index is 342. The van der Waals surface area contributed by atoms with Crippen molar-refractivity contribution in [1.29, 1.82) is 0 Å². The smallest absolute Gasteiger partial charge is 0.253 e. The third-order valence-electron chi connectivity index (χ3n) is 1.20. The highest BCUT2D eigenvalue weighted by Crippen LogP contribution is 2.23. The van der Waals surface area contributed by atoms with Gasteiger partial charge in [0.25, 0.3) is 5.24 Å². The first-order chi connectivity index (χ1) is 5.52. The fourth-order valence-corrected chi connectivity index (χ4v) is 1.99. The van der Waals surface area contributed by atoms with E-state index in [1.165, 1.54) is 12.1 Å². The molecule has 0 aliphatic heterocycles. The largest absolute Gasteiger partial charge is 0.276 e. The summed E-state index contributed by atoms with van der Waals surface area (Å²) in [4.78, 5) is 10.7. The third-order valence-corrected chi connectivity index (χ3v) is 2.96. The van der Waals surface area contributed by atoms with E-state index < -0.39 is 11.1 Å². The molecule has 0 amide bonds. The van der Waals surface area contributed by atoms with Gasteiger partial charge in [-0.3, -0.25) is 4.79 Å². The highest BCUT2D eigenvalue weighted by Gasteiger charge is 2.12. The molecule has 0 radical (unpaired) electrons. The lowest BCUT2D eigenvalue weighted by Gasteiger charge is -2.00. The van der Waals surface area contributed by atoms with Crippen LogP contribution in [0.15, 0.2) is 16.6 Å². The predicted molar refractivity (Wildman–Crippen MR) is 57.0 cm³/mol. The first-order valence-corrected chi connectivity index (χ1v) is 5.11. The molecular formula is C7H2BrClFIO. The van der Waals surface area contributed by atoms with Gasteiger partial charge in [-0.05, 0) is 46.3 Å². The predicted octanol–water partition coefficient (Wildman–Crippen LogP) is 3.57. The Morgan fingerprint density at radius 2 is 2.17 bits per heavy atom. The number of hydrogen-bond donors (Lipinski definition) is 0. The first-order valence-electron chi connectivity index (χ1n) is 2.86. The van der Waals surface area contributed by atoms with Crippen molar-refractivity contribution in [2.45, 2.75) is 0 Å². The fraction of sp³-hybridized carbons (Fsp3) is 0. The molecule has 1 aromatic rings. The molecule has 64 valence electrons. The minimum absolute atomic E-state index is 0.184. The van der Waals surface area contributed by atoms with Gasteiger partial charge in [-0.15, -0.1) is 0 Å². The van der Waals surface area contributed by atoms with Crippen LogP contribution in [-0.2, 0) is 0 Å². The van der Waals surface area contributed by atoms with Crippen LogP contribution < -0.4 is 0 Å². The summed E-state index contributed by atoms with van der Waals surface area (Å²) in [7, 11) is 0. The fourth-order valence-electron chi connectivity index (χ4n) is 0.699. The van der Waals surface area contributed by atoms with Crippen LogP contribution in [0, 0.1) is 9.39 Å². The Balaban J connectivity index is 3.37. The minimum atomic E-state index is -0.653. The molecule has 0 N–H and O–H groups in total. The van der Waals surface area contributed by atoms with E-state index in [4.69, 9.17) is 11.6 Å². The Labute approximate surface area is 95.6 Å². The van der Waals surface area contributed by atoms with Crippen molar-refractivity contribution in [3.63, 3.8) is 0 Å². The van der Waals surface area contributed by atoms with Crippen LogP contribution in [0.1, 0.15) is 10.4 Å². The molecule has 1 aromatic carbocycles. The number of rotatable bonds is 1. The average molecular weight is 363 g/mol. The van der Waals surface area contributed by atoms with Crippen LogP contribution in [0.4, 0.5) is 4.39 Å². The molecule has 0 atom stereocenters. The zero-order valence-corrected chi connectivity index (χ0v) is 10.1. The second-order valence-corrected chi connectivity index (χ2v) is 4.36. The summed E-state index contributed by atoms with van der Waals surface area (Å²) in [6.45, 7) is 0. The lowest BCUT2D eigenvalue weighted by atomic mass is 10.2. The molecule has 0 bridgehead atoms. The summed E-state index contributed by atoms with van der Waals surface area (Å²) in [5.74, 6) is -0.450. The van der Waals surface area contributed by atoms with Crippen molar-refractivity contribution in [2.24, 2.45) is 0 Å². The number of halogens is 4. The van der Waals surface area contributed by atoms with Crippen molar-refractivity contribution in [3.8, 4) is 0 Å². The van der Waals surface area contributed by atoms with Crippen molar-refractivity contribution in [3.05, 3.63) is 31.6 Å². The van der Waals surface area contributed by atoms with E-state index in [1.807, 2.05) is 0 Å². The maximum Gasteiger partial charge on any atom is 0.253 e. The summed E-state index contributed by atoms with van der Waals surface area (Å²) >= 11 is 10.0. The van der Waals surface area contributed by atoms with Crippen LogP contribution in [0.5, 0.6) is 0 Å². The Morgan fingerprint density at radius 3 is 2.67 bits per heavy atom. The van der Waals surface area contributed by atoms with E-state index in [0.717, 1.165) is 0 Å². The maximum absolute atomic E-state index is 13.0. The van der Waals surface area contributed by atoms with Crippen LogP contribution in [0.3, 0.4) is 0 Å². The topological polar surface area (TPSA) is 17.1 Å². The van der Waals surface area contributed by atoms with Crippen LogP contribution in [0.25, 0.3) is 0 Å². The van der Waals surface area contributed by atoms with Gasteiger partial charge in [-0.1, -0.05) is 15.9 Å². The monoisotopic (exact) mass is 362 g/mol. The van der Waals surface area contributed by atoms with Gasteiger partial charge >= 0.3 is 0 Å². The molecule has 0 unspecified atom stereocenters. The van der Waals surface area contributed by atoms with Gasteiger partial charge in [0.05, 0.1) is 9.13 Å². The molecule has 0 saturated carbocycles. The van der Waals surface area contributed by atoms with E-state index in [2.05, 4.69) is 15.9 Å². The molecular weight excluding hydrogens is 361 g/mol. The standard InChI is InChI=1S/C7H2BrClFIO/c8-3-1-4(7(9)12)6(11)5(10)2-3/h1-2H. The lowest BCUT2D eigenvalue weighted by Crippen LogP contribution is -1.96. The number of hydrogen-bond acceptors (Lipinski definition) is 1. The first kappa shape index (κ1) is 10.4. The van der Waals surface area contributed by atoms with Gasteiger partial charge in [0.15, 0.2) is 0 Å². The average Bonchev–Trinajstić information content (AvgIpc) is 1.96. The zero-order chi connectivity index (χ0) is 9.30. The van der Waals surface area contributed by atoms with Crippen LogP contribution in [0.2, 0.25) is 0 Å². The number of carbonyl (C=O) groups excluding carboxylic acids is 1. The Hall–Kier alpha value is 0.320. The van der Waals surface area contributed by atoms with Gasteiger partial charge < -0.3 is 0 Å². The summed E-state index contributed by atoms with van der Waals surface area (Å²) in [6.07, 6.45) is 0. The van der Waals surface area contributed by atoms with Gasteiger partial charge in [0.1, 0.15) is 5.82 Å². The summed E-state index contributed by atoms with van der Waals surface area (Å²) in [5, 5.41) is -0.653. The molecule has 0 saturated heterocycles. The number of carbonyl (C=O) groups is 1. The van der Waals surface area contributed by atoms with Crippen molar-refractivity contribution in [1.82, 2.24) is 0 Å². The Morgan fingerprint density at radius 1 is 1.58 bits per heavy atom. The Kier molecular flexibility index (Phi) is 3.48. The summed E-state index contributed by atoms with van der Waals surface area (Å²) in [6, 6.07) is 2.77. The normalized spacial score (nSPS) is 10.0. The second-order valence-electron chi connectivity index (χ2n) is 2.02. The van der Waals surface area contributed by atoms with E-state index in [0.29, 0.717) is 4.47 Å². The third kappa shape index (κ3) is 2.17. The zero-order valence-electron chi connectivity index (χ0n) is 5.57. The molecule has 0 heterocycles.